The average molecular weight is 272 g/mol. The maximum absolute atomic E-state index is 11.7. The van der Waals surface area contributed by atoms with E-state index in [1.54, 1.807) is 0 Å². The summed E-state index contributed by atoms with van der Waals surface area (Å²) in [6, 6.07) is 2.81. The highest BCUT2D eigenvalue weighted by Gasteiger charge is 2.23. The van der Waals surface area contributed by atoms with Crippen molar-refractivity contribution >= 4 is 23.5 Å². The summed E-state index contributed by atoms with van der Waals surface area (Å²) in [4.78, 5) is 22.5. The molecule has 1 aromatic rings. The second kappa shape index (κ2) is 4.73. The van der Waals surface area contributed by atoms with E-state index in [1.165, 1.54) is 19.1 Å². The molecule has 7 heteroatoms. The Morgan fingerprint density at radius 2 is 2.17 bits per heavy atom. The lowest BCUT2D eigenvalue weighted by atomic mass is 10.2. The molecule has 0 fully saturated rings. The molecule has 2 rings (SSSR count). The third-order valence-electron chi connectivity index (χ3n) is 2.35. The molecule has 2 N–H and O–H groups in total. The number of nitrogens with two attached hydrogens (primary N) is 1. The Labute approximate surface area is 108 Å². The average Bonchev–Trinajstić information content (AvgIpc) is 2.77. The van der Waals surface area contributed by atoms with Gasteiger partial charge in [0.15, 0.2) is 17.6 Å². The second-order valence-electron chi connectivity index (χ2n) is 3.64. The molecule has 0 saturated heterocycles. The summed E-state index contributed by atoms with van der Waals surface area (Å²) in [6.45, 7) is 1.43. The number of primary amides is 1. The van der Waals surface area contributed by atoms with Crippen molar-refractivity contribution < 1.29 is 23.8 Å². The van der Waals surface area contributed by atoms with Gasteiger partial charge in [0.2, 0.25) is 6.79 Å². The van der Waals surface area contributed by atoms with E-state index in [2.05, 4.69) is 0 Å². The van der Waals surface area contributed by atoms with Crippen molar-refractivity contribution in [2.24, 2.45) is 5.73 Å². The van der Waals surface area contributed by atoms with Crippen molar-refractivity contribution in [3.8, 4) is 11.5 Å². The van der Waals surface area contributed by atoms with Crippen LogP contribution in [0.25, 0.3) is 0 Å². The molecule has 0 saturated carbocycles. The topological polar surface area (TPSA) is 87.8 Å². The van der Waals surface area contributed by atoms with Crippen LogP contribution < -0.4 is 15.2 Å². The first kappa shape index (κ1) is 12.5. The Morgan fingerprint density at radius 1 is 1.44 bits per heavy atom. The van der Waals surface area contributed by atoms with E-state index in [0.717, 1.165) is 0 Å². The van der Waals surface area contributed by atoms with Crippen molar-refractivity contribution in [2.75, 3.05) is 6.79 Å². The molecule has 1 heterocycles. The standard InChI is InChI=1S/C11H10ClNO5/c1-5(10(13)14)18-11(15)6-2-7(12)9-8(3-6)16-4-17-9/h2-3,5H,4H2,1H3,(H2,13,14). The van der Waals surface area contributed by atoms with Crippen LogP contribution >= 0.6 is 11.6 Å². The van der Waals surface area contributed by atoms with Gasteiger partial charge >= 0.3 is 5.97 Å². The number of benzene rings is 1. The number of carbonyl (C=O) groups is 2. The van der Waals surface area contributed by atoms with Crippen LogP contribution in [0.15, 0.2) is 12.1 Å². The number of hydrogen-bond acceptors (Lipinski definition) is 5. The molecule has 0 aliphatic carbocycles. The molecule has 6 nitrogen and oxygen atoms in total. The van der Waals surface area contributed by atoms with E-state index in [-0.39, 0.29) is 17.4 Å². The summed E-state index contributed by atoms with van der Waals surface area (Å²) in [5.74, 6) is -0.686. The fourth-order valence-electron chi connectivity index (χ4n) is 1.37. The molecular weight excluding hydrogens is 262 g/mol. The smallest absolute Gasteiger partial charge is 0.339 e. The number of fused-ring (bicyclic) bond motifs is 1. The molecule has 0 aromatic heterocycles. The van der Waals surface area contributed by atoms with Gasteiger partial charge in [-0.1, -0.05) is 11.6 Å². The maximum Gasteiger partial charge on any atom is 0.339 e. The van der Waals surface area contributed by atoms with Crippen LogP contribution in [-0.4, -0.2) is 24.8 Å². The molecule has 1 aliphatic rings. The molecule has 1 unspecified atom stereocenters. The molecule has 1 aliphatic heterocycles. The lowest BCUT2D eigenvalue weighted by molar-refractivity contribution is -0.125. The van der Waals surface area contributed by atoms with Gasteiger partial charge in [-0.2, -0.15) is 0 Å². The third-order valence-corrected chi connectivity index (χ3v) is 2.63. The number of ether oxygens (including phenoxy) is 3. The van der Waals surface area contributed by atoms with Crippen LogP contribution in [0.5, 0.6) is 11.5 Å². The number of amides is 1. The normalized spacial score (nSPS) is 14.1. The first-order chi connectivity index (χ1) is 8.49. The Balaban J connectivity index is 2.21. The number of carbonyl (C=O) groups excluding carboxylic acids is 2. The molecule has 0 radical (unpaired) electrons. The monoisotopic (exact) mass is 271 g/mol. The van der Waals surface area contributed by atoms with E-state index in [0.29, 0.717) is 11.5 Å². The van der Waals surface area contributed by atoms with Crippen molar-refractivity contribution in [1.29, 1.82) is 0 Å². The van der Waals surface area contributed by atoms with Crippen LogP contribution in [0, 0.1) is 0 Å². The van der Waals surface area contributed by atoms with Crippen LogP contribution in [0.4, 0.5) is 0 Å². The summed E-state index contributed by atoms with van der Waals surface area (Å²) < 4.78 is 15.1. The molecule has 18 heavy (non-hydrogen) atoms. The number of rotatable bonds is 3. The Hall–Kier alpha value is -1.95. The van der Waals surface area contributed by atoms with Crippen LogP contribution in [0.2, 0.25) is 5.02 Å². The summed E-state index contributed by atoms with van der Waals surface area (Å²) >= 11 is 5.91. The molecular formula is C11H10ClNO5. The van der Waals surface area contributed by atoms with E-state index in [4.69, 9.17) is 31.5 Å². The van der Waals surface area contributed by atoms with Gasteiger partial charge in [0, 0.05) is 0 Å². The summed E-state index contributed by atoms with van der Waals surface area (Å²) in [7, 11) is 0. The van der Waals surface area contributed by atoms with E-state index in [9.17, 15) is 9.59 Å². The van der Waals surface area contributed by atoms with Gasteiger partial charge in [-0.15, -0.1) is 0 Å². The predicted octanol–water partition coefficient (Wildman–Crippen LogP) is 1.10. The van der Waals surface area contributed by atoms with Gasteiger partial charge < -0.3 is 19.9 Å². The van der Waals surface area contributed by atoms with Crippen LogP contribution in [-0.2, 0) is 9.53 Å². The van der Waals surface area contributed by atoms with Crippen molar-refractivity contribution in [3.63, 3.8) is 0 Å². The maximum atomic E-state index is 11.7. The summed E-state index contributed by atoms with van der Waals surface area (Å²) in [6.07, 6.45) is -1.01. The Bertz CT molecular complexity index is 516. The van der Waals surface area contributed by atoms with Crippen LogP contribution in [0.1, 0.15) is 17.3 Å². The lowest BCUT2D eigenvalue weighted by Crippen LogP contribution is -2.30. The van der Waals surface area contributed by atoms with Gasteiger partial charge in [0.25, 0.3) is 5.91 Å². The van der Waals surface area contributed by atoms with Gasteiger partial charge in [-0.25, -0.2) is 4.79 Å². The number of esters is 1. The van der Waals surface area contributed by atoms with E-state index < -0.39 is 18.0 Å². The van der Waals surface area contributed by atoms with Gasteiger partial charge in [0.1, 0.15) is 0 Å². The second-order valence-corrected chi connectivity index (χ2v) is 4.05. The molecule has 0 spiro atoms. The number of hydrogen-bond donors (Lipinski definition) is 1. The first-order valence-corrected chi connectivity index (χ1v) is 5.46. The fraction of sp³-hybridized carbons (Fsp3) is 0.273. The first-order valence-electron chi connectivity index (χ1n) is 5.08. The van der Waals surface area contributed by atoms with Crippen molar-refractivity contribution in [3.05, 3.63) is 22.7 Å². The SMILES string of the molecule is CC(OC(=O)c1cc(Cl)c2c(c1)OCO2)C(N)=O. The van der Waals surface area contributed by atoms with Crippen molar-refractivity contribution in [1.82, 2.24) is 0 Å². The minimum Gasteiger partial charge on any atom is -0.454 e. The number of halogens is 1. The minimum absolute atomic E-state index is 0.0469. The molecule has 1 atom stereocenters. The highest BCUT2D eigenvalue weighted by atomic mass is 35.5. The largest absolute Gasteiger partial charge is 0.454 e. The van der Waals surface area contributed by atoms with Crippen LogP contribution in [0.3, 0.4) is 0 Å². The zero-order valence-electron chi connectivity index (χ0n) is 9.44. The fourth-order valence-corrected chi connectivity index (χ4v) is 1.64. The Morgan fingerprint density at radius 3 is 2.83 bits per heavy atom. The van der Waals surface area contributed by atoms with Gasteiger partial charge in [-0.3, -0.25) is 4.79 Å². The van der Waals surface area contributed by atoms with E-state index >= 15 is 0 Å². The molecule has 0 bridgehead atoms. The summed E-state index contributed by atoms with van der Waals surface area (Å²) in [5.41, 5.74) is 5.16. The highest BCUT2D eigenvalue weighted by Crippen LogP contribution is 2.39. The zero-order chi connectivity index (χ0) is 13.3. The Kier molecular flexibility index (Phi) is 3.29. The molecule has 1 aromatic carbocycles. The lowest BCUT2D eigenvalue weighted by Gasteiger charge is -2.10. The summed E-state index contributed by atoms with van der Waals surface area (Å²) in [5, 5.41) is 0.240. The molecule has 96 valence electrons. The third kappa shape index (κ3) is 2.33. The van der Waals surface area contributed by atoms with E-state index in [1.807, 2.05) is 0 Å². The molecule has 1 amide bonds. The minimum atomic E-state index is -1.01. The predicted molar refractivity (Wildman–Crippen MR) is 61.6 cm³/mol. The van der Waals surface area contributed by atoms with Crippen molar-refractivity contribution in [2.45, 2.75) is 13.0 Å². The highest BCUT2D eigenvalue weighted by molar-refractivity contribution is 6.32. The quantitative estimate of drug-likeness (QED) is 0.832. The zero-order valence-corrected chi connectivity index (χ0v) is 10.2. The van der Waals surface area contributed by atoms with Gasteiger partial charge in [0.05, 0.1) is 10.6 Å². The van der Waals surface area contributed by atoms with Gasteiger partial charge in [-0.05, 0) is 19.1 Å².